The van der Waals surface area contributed by atoms with Crippen molar-refractivity contribution < 1.29 is 4.79 Å². The van der Waals surface area contributed by atoms with Gasteiger partial charge in [-0.3, -0.25) is 4.79 Å². The molecule has 0 aromatic heterocycles. The maximum Gasteiger partial charge on any atom is 0.248 e. The third-order valence-electron chi connectivity index (χ3n) is 3.20. The lowest BCUT2D eigenvalue weighted by molar-refractivity contribution is 0.1000. The number of primary amides is 1. The molecule has 19 heavy (non-hydrogen) atoms. The number of benzene rings is 1. The molecule has 0 saturated carbocycles. The molecule has 1 aliphatic rings. The molecular weight excluding hydrogens is 276 g/mol. The average Bonchev–Trinajstić information content (AvgIpc) is 2.41. The van der Waals surface area contributed by atoms with E-state index in [1.54, 1.807) is 6.07 Å². The molecule has 1 aromatic carbocycles. The fourth-order valence-corrected chi connectivity index (χ4v) is 4.72. The van der Waals surface area contributed by atoms with Crippen molar-refractivity contribution in [3.8, 4) is 0 Å². The fourth-order valence-electron chi connectivity index (χ4n) is 2.07. The van der Waals surface area contributed by atoms with Crippen molar-refractivity contribution in [2.24, 2.45) is 5.73 Å². The maximum atomic E-state index is 11.1. The normalized spacial score (nSPS) is 19.3. The number of hydrogen-bond acceptors (Lipinski definition) is 4. The summed E-state index contributed by atoms with van der Waals surface area (Å²) in [6.07, 6.45) is 0. The Morgan fingerprint density at radius 2 is 2.32 bits per heavy atom. The van der Waals surface area contributed by atoms with Crippen molar-refractivity contribution in [1.29, 1.82) is 0 Å². The molecule has 1 aromatic rings. The zero-order valence-corrected chi connectivity index (χ0v) is 12.8. The number of nitrogens with two attached hydrogens (primary N) is 1. The van der Waals surface area contributed by atoms with Gasteiger partial charge in [-0.1, -0.05) is 6.07 Å². The molecule has 1 amide bonds. The molecule has 104 valence electrons. The number of aryl methyl sites for hydroxylation is 1. The highest BCUT2D eigenvalue weighted by Crippen LogP contribution is 2.23. The molecule has 0 spiro atoms. The molecule has 3 N–H and O–H groups in total. The standard InChI is InChI=1S/C14H20N2OS2/c1-10-6-11(14(15)17)2-3-12(10)7-16-8-13-9-18-4-5-19-13/h2-3,6,13,16H,4-5,7-9H2,1H3,(H2,15,17). The minimum Gasteiger partial charge on any atom is -0.366 e. The minimum absolute atomic E-state index is 0.363. The predicted molar refractivity (Wildman–Crippen MR) is 85.0 cm³/mol. The summed E-state index contributed by atoms with van der Waals surface area (Å²) in [7, 11) is 0. The first-order valence-electron chi connectivity index (χ1n) is 6.46. The van der Waals surface area contributed by atoms with Gasteiger partial charge in [-0.05, 0) is 30.2 Å². The Hall–Kier alpha value is -0.650. The summed E-state index contributed by atoms with van der Waals surface area (Å²) >= 11 is 4.11. The van der Waals surface area contributed by atoms with Crippen LogP contribution in [0.3, 0.4) is 0 Å². The first-order valence-corrected chi connectivity index (χ1v) is 8.66. The van der Waals surface area contributed by atoms with E-state index in [0.29, 0.717) is 5.56 Å². The van der Waals surface area contributed by atoms with E-state index >= 15 is 0 Å². The lowest BCUT2D eigenvalue weighted by Gasteiger charge is -2.21. The van der Waals surface area contributed by atoms with Gasteiger partial charge in [-0.2, -0.15) is 23.5 Å². The Kier molecular flexibility index (Phi) is 5.60. The molecule has 1 fully saturated rings. The lowest BCUT2D eigenvalue weighted by Crippen LogP contribution is -2.28. The number of rotatable bonds is 5. The lowest BCUT2D eigenvalue weighted by atomic mass is 10.0. The van der Waals surface area contributed by atoms with Crippen LogP contribution >= 0.6 is 23.5 Å². The van der Waals surface area contributed by atoms with Gasteiger partial charge in [0, 0.05) is 41.2 Å². The molecule has 1 atom stereocenters. The molecule has 0 aliphatic carbocycles. The molecule has 1 heterocycles. The summed E-state index contributed by atoms with van der Waals surface area (Å²) in [4.78, 5) is 11.1. The monoisotopic (exact) mass is 296 g/mol. The van der Waals surface area contributed by atoms with Crippen molar-refractivity contribution in [3.05, 3.63) is 34.9 Å². The molecule has 3 nitrogen and oxygen atoms in total. The van der Waals surface area contributed by atoms with Crippen molar-refractivity contribution in [1.82, 2.24) is 5.32 Å². The molecule has 2 rings (SSSR count). The maximum absolute atomic E-state index is 11.1. The second-order valence-electron chi connectivity index (χ2n) is 4.70. The third-order valence-corrected chi connectivity index (χ3v) is 6.04. The van der Waals surface area contributed by atoms with Gasteiger partial charge in [0.15, 0.2) is 0 Å². The summed E-state index contributed by atoms with van der Waals surface area (Å²) in [5, 5.41) is 4.24. The van der Waals surface area contributed by atoms with E-state index < -0.39 is 0 Å². The molecule has 0 radical (unpaired) electrons. The number of nitrogens with one attached hydrogen (secondary N) is 1. The highest BCUT2D eigenvalue weighted by atomic mass is 32.2. The first-order chi connectivity index (χ1) is 9.16. The molecule has 1 unspecified atom stereocenters. The Morgan fingerprint density at radius 3 is 2.95 bits per heavy atom. The number of hydrogen-bond donors (Lipinski definition) is 2. The summed E-state index contributed by atoms with van der Waals surface area (Å²) in [6, 6.07) is 5.66. The van der Waals surface area contributed by atoms with Gasteiger partial charge in [0.25, 0.3) is 0 Å². The number of carbonyl (C=O) groups is 1. The Bertz CT molecular complexity index is 445. The van der Waals surface area contributed by atoms with Crippen LogP contribution in [0.15, 0.2) is 18.2 Å². The van der Waals surface area contributed by atoms with Gasteiger partial charge in [0.05, 0.1) is 0 Å². The van der Waals surface area contributed by atoms with E-state index in [1.807, 2.05) is 30.8 Å². The van der Waals surface area contributed by atoms with Gasteiger partial charge in [0.1, 0.15) is 0 Å². The quantitative estimate of drug-likeness (QED) is 0.873. The summed E-state index contributed by atoms with van der Waals surface area (Å²) in [5.74, 6) is 3.44. The van der Waals surface area contributed by atoms with Crippen LogP contribution in [0.25, 0.3) is 0 Å². The van der Waals surface area contributed by atoms with Crippen LogP contribution in [0.1, 0.15) is 21.5 Å². The average molecular weight is 296 g/mol. The van der Waals surface area contributed by atoms with Gasteiger partial charge < -0.3 is 11.1 Å². The largest absolute Gasteiger partial charge is 0.366 e. The van der Waals surface area contributed by atoms with E-state index in [1.165, 1.54) is 22.8 Å². The van der Waals surface area contributed by atoms with Crippen LogP contribution in [0, 0.1) is 6.92 Å². The Balaban J connectivity index is 1.83. The number of amides is 1. The Labute approximate surface area is 123 Å². The zero-order valence-electron chi connectivity index (χ0n) is 11.1. The van der Waals surface area contributed by atoms with Gasteiger partial charge in [0.2, 0.25) is 5.91 Å². The van der Waals surface area contributed by atoms with E-state index in [-0.39, 0.29) is 5.91 Å². The summed E-state index contributed by atoms with van der Waals surface area (Å²) < 4.78 is 0. The molecular formula is C14H20N2OS2. The van der Waals surface area contributed by atoms with Gasteiger partial charge in [-0.25, -0.2) is 0 Å². The zero-order chi connectivity index (χ0) is 13.7. The molecule has 1 aliphatic heterocycles. The number of thioether (sulfide) groups is 2. The van der Waals surface area contributed by atoms with Crippen LogP contribution in [-0.4, -0.2) is 35.0 Å². The van der Waals surface area contributed by atoms with Crippen molar-refractivity contribution in [3.63, 3.8) is 0 Å². The van der Waals surface area contributed by atoms with Gasteiger partial charge in [-0.15, -0.1) is 0 Å². The van der Waals surface area contributed by atoms with E-state index in [2.05, 4.69) is 17.1 Å². The van der Waals surface area contributed by atoms with Crippen LogP contribution in [0.4, 0.5) is 0 Å². The van der Waals surface area contributed by atoms with Gasteiger partial charge >= 0.3 is 0 Å². The summed E-state index contributed by atoms with van der Waals surface area (Å²) in [5.41, 5.74) is 8.21. The highest BCUT2D eigenvalue weighted by Gasteiger charge is 2.13. The van der Waals surface area contributed by atoms with Crippen molar-refractivity contribution in [2.45, 2.75) is 18.7 Å². The van der Waals surface area contributed by atoms with Crippen LogP contribution in [0.5, 0.6) is 0 Å². The minimum atomic E-state index is -0.363. The first kappa shape index (κ1) is 14.8. The molecule has 0 bridgehead atoms. The summed E-state index contributed by atoms with van der Waals surface area (Å²) in [6.45, 7) is 3.93. The molecule has 1 saturated heterocycles. The molecule has 5 heteroatoms. The fraction of sp³-hybridized carbons (Fsp3) is 0.500. The second-order valence-corrected chi connectivity index (χ2v) is 7.26. The smallest absolute Gasteiger partial charge is 0.248 e. The number of carbonyl (C=O) groups excluding carboxylic acids is 1. The van der Waals surface area contributed by atoms with Crippen molar-refractivity contribution in [2.75, 3.05) is 23.8 Å². The predicted octanol–water partition coefficient (Wildman–Crippen LogP) is 2.03. The third kappa shape index (κ3) is 4.44. The van der Waals surface area contributed by atoms with Crippen LogP contribution < -0.4 is 11.1 Å². The highest BCUT2D eigenvalue weighted by molar-refractivity contribution is 8.06. The second kappa shape index (κ2) is 7.22. The van der Waals surface area contributed by atoms with E-state index in [0.717, 1.165) is 23.9 Å². The van der Waals surface area contributed by atoms with E-state index in [9.17, 15) is 4.79 Å². The van der Waals surface area contributed by atoms with E-state index in [4.69, 9.17) is 5.73 Å². The topological polar surface area (TPSA) is 55.1 Å². The van der Waals surface area contributed by atoms with Crippen LogP contribution in [-0.2, 0) is 6.54 Å². The van der Waals surface area contributed by atoms with Crippen LogP contribution in [0.2, 0.25) is 0 Å². The van der Waals surface area contributed by atoms with Crippen molar-refractivity contribution >= 4 is 29.4 Å². The Morgan fingerprint density at radius 1 is 1.47 bits per heavy atom. The SMILES string of the molecule is Cc1cc(C(N)=O)ccc1CNCC1CSCCS1.